The summed E-state index contributed by atoms with van der Waals surface area (Å²) in [4.78, 5) is 37.9. The van der Waals surface area contributed by atoms with Crippen molar-refractivity contribution in [1.29, 1.82) is 0 Å². The van der Waals surface area contributed by atoms with Gasteiger partial charge >= 0.3 is 0 Å². The number of fused-ring (bicyclic) bond motifs is 1. The van der Waals surface area contributed by atoms with Crippen LogP contribution in [0.4, 0.5) is 0 Å². The molecule has 0 fully saturated rings. The van der Waals surface area contributed by atoms with E-state index in [0.29, 0.717) is 16.9 Å². The van der Waals surface area contributed by atoms with Gasteiger partial charge in [0.15, 0.2) is 11.0 Å². The van der Waals surface area contributed by atoms with Gasteiger partial charge in [0, 0.05) is 11.1 Å². The van der Waals surface area contributed by atoms with Gasteiger partial charge in [-0.2, -0.15) is 0 Å². The molecule has 0 aliphatic rings. The normalized spacial score (nSPS) is 10.6. The predicted molar refractivity (Wildman–Crippen MR) is 116 cm³/mol. The van der Waals surface area contributed by atoms with Crippen molar-refractivity contribution in [3.05, 3.63) is 99.7 Å². The van der Waals surface area contributed by atoms with Crippen LogP contribution in [0.3, 0.4) is 0 Å². The zero-order valence-corrected chi connectivity index (χ0v) is 16.5. The average Bonchev–Trinajstić information content (AvgIpc) is 2.80. The van der Waals surface area contributed by atoms with Gasteiger partial charge in [-0.1, -0.05) is 48.5 Å². The van der Waals surface area contributed by atoms with E-state index < -0.39 is 11.8 Å². The van der Waals surface area contributed by atoms with Crippen molar-refractivity contribution in [2.75, 3.05) is 0 Å². The molecule has 1 heterocycles. The van der Waals surface area contributed by atoms with Gasteiger partial charge in [0.1, 0.15) is 11.5 Å². The van der Waals surface area contributed by atoms with E-state index in [0.717, 1.165) is 0 Å². The van der Waals surface area contributed by atoms with Gasteiger partial charge in [0.2, 0.25) is 0 Å². The number of hydrogen-bond acceptors (Lipinski definition) is 5. The molecule has 4 rings (SSSR count). The summed E-state index contributed by atoms with van der Waals surface area (Å²) in [5.74, 6) is -1.20. The van der Waals surface area contributed by atoms with E-state index in [9.17, 15) is 19.5 Å². The van der Waals surface area contributed by atoms with Gasteiger partial charge in [-0.3, -0.25) is 25.2 Å². The van der Waals surface area contributed by atoms with Crippen molar-refractivity contribution in [2.45, 2.75) is 6.92 Å². The fourth-order valence-electron chi connectivity index (χ4n) is 3.27. The Hall–Kier alpha value is -4.39. The molecule has 0 unspecified atom stereocenters. The second-order valence-electron chi connectivity index (χ2n) is 6.86. The van der Waals surface area contributed by atoms with Crippen LogP contribution in [-0.2, 0) is 0 Å². The Morgan fingerprint density at radius 3 is 2.13 bits per heavy atom. The lowest BCUT2D eigenvalue weighted by atomic mass is 10.0. The first-order valence-electron chi connectivity index (χ1n) is 9.48. The molecule has 0 radical (unpaired) electrons. The first-order valence-corrected chi connectivity index (χ1v) is 9.48. The van der Waals surface area contributed by atoms with Gasteiger partial charge in [-0.25, -0.2) is 0 Å². The standard InChI is InChI=1S/C24H18N2O5/c1-14-20(28)17-11-7-12-18(22(17)31-21(14)15-8-3-2-4-9-15)24(30)26-25-23(29)16-10-5-6-13-19(16)27/h2-13,27H,1H3,(H,25,29)(H,26,30). The summed E-state index contributed by atoms with van der Waals surface area (Å²) < 4.78 is 6.01. The lowest BCUT2D eigenvalue weighted by molar-refractivity contribution is 0.0845. The second-order valence-corrected chi connectivity index (χ2v) is 6.86. The zero-order valence-electron chi connectivity index (χ0n) is 16.5. The van der Waals surface area contributed by atoms with E-state index in [2.05, 4.69) is 10.9 Å². The third-order valence-electron chi connectivity index (χ3n) is 4.86. The fraction of sp³-hybridized carbons (Fsp3) is 0.0417. The van der Waals surface area contributed by atoms with Crippen LogP contribution in [0.25, 0.3) is 22.3 Å². The Balaban J connectivity index is 1.70. The SMILES string of the molecule is Cc1c(-c2ccccc2)oc2c(C(=O)NNC(=O)c3ccccc3O)cccc2c1=O. The molecule has 1 aromatic heterocycles. The molecule has 0 aliphatic heterocycles. The Bertz CT molecular complexity index is 1360. The maximum Gasteiger partial charge on any atom is 0.273 e. The number of carbonyl (C=O) groups excluding carboxylic acids is 2. The highest BCUT2D eigenvalue weighted by molar-refractivity contribution is 6.06. The molecule has 7 heteroatoms. The van der Waals surface area contributed by atoms with Gasteiger partial charge in [0.05, 0.1) is 16.5 Å². The highest BCUT2D eigenvalue weighted by Gasteiger charge is 2.19. The average molecular weight is 414 g/mol. The minimum absolute atomic E-state index is 0.00856. The number of hydrazine groups is 1. The maximum absolute atomic E-state index is 12.9. The van der Waals surface area contributed by atoms with Crippen LogP contribution in [0.1, 0.15) is 26.3 Å². The summed E-state index contributed by atoms with van der Waals surface area (Å²) in [7, 11) is 0. The lowest BCUT2D eigenvalue weighted by Gasteiger charge is -2.11. The van der Waals surface area contributed by atoms with Crippen LogP contribution < -0.4 is 16.3 Å². The van der Waals surface area contributed by atoms with Crippen molar-refractivity contribution in [2.24, 2.45) is 0 Å². The van der Waals surface area contributed by atoms with Crippen LogP contribution in [-0.4, -0.2) is 16.9 Å². The molecule has 0 saturated carbocycles. The summed E-state index contributed by atoms with van der Waals surface area (Å²) in [6, 6.07) is 19.7. The third kappa shape index (κ3) is 3.76. The van der Waals surface area contributed by atoms with Gasteiger partial charge in [-0.05, 0) is 31.2 Å². The molecule has 2 amide bonds. The Morgan fingerprint density at radius 1 is 0.806 bits per heavy atom. The van der Waals surface area contributed by atoms with Crippen molar-refractivity contribution in [3.63, 3.8) is 0 Å². The zero-order chi connectivity index (χ0) is 22.0. The summed E-state index contributed by atoms with van der Waals surface area (Å²) in [6.45, 7) is 1.67. The first kappa shape index (κ1) is 19.9. The van der Waals surface area contributed by atoms with E-state index in [-0.39, 0.29) is 33.3 Å². The Kier molecular flexibility index (Phi) is 5.24. The highest BCUT2D eigenvalue weighted by Crippen LogP contribution is 2.27. The summed E-state index contributed by atoms with van der Waals surface area (Å²) in [5.41, 5.74) is 5.67. The molecule has 0 spiro atoms. The summed E-state index contributed by atoms with van der Waals surface area (Å²) >= 11 is 0. The molecule has 4 aromatic rings. The minimum atomic E-state index is -0.686. The number of phenolic OH excluding ortho intramolecular Hbond substituents is 1. The molecule has 3 aromatic carbocycles. The molecule has 0 aliphatic carbocycles. The van der Waals surface area contributed by atoms with E-state index in [1.807, 2.05) is 30.3 Å². The van der Waals surface area contributed by atoms with Gasteiger partial charge < -0.3 is 9.52 Å². The molecule has 0 atom stereocenters. The molecule has 154 valence electrons. The number of amides is 2. The topological polar surface area (TPSA) is 109 Å². The van der Waals surface area contributed by atoms with Crippen molar-refractivity contribution in [1.82, 2.24) is 10.9 Å². The van der Waals surface area contributed by atoms with Crippen LogP contribution in [0, 0.1) is 6.92 Å². The maximum atomic E-state index is 12.9. The van der Waals surface area contributed by atoms with E-state index in [1.54, 1.807) is 31.2 Å². The summed E-state index contributed by atoms with van der Waals surface area (Å²) in [5, 5.41) is 10.0. The quantitative estimate of drug-likeness (QED) is 0.444. The van der Waals surface area contributed by atoms with Crippen molar-refractivity contribution in [3.8, 4) is 17.1 Å². The lowest BCUT2D eigenvalue weighted by Crippen LogP contribution is -2.41. The van der Waals surface area contributed by atoms with E-state index >= 15 is 0 Å². The van der Waals surface area contributed by atoms with Gasteiger partial charge in [-0.15, -0.1) is 0 Å². The second kappa shape index (κ2) is 8.16. The smallest absolute Gasteiger partial charge is 0.273 e. The minimum Gasteiger partial charge on any atom is -0.507 e. The molecule has 0 bridgehead atoms. The molecule has 7 nitrogen and oxygen atoms in total. The Labute approximate surface area is 176 Å². The molecular weight excluding hydrogens is 396 g/mol. The molecule has 31 heavy (non-hydrogen) atoms. The van der Waals surface area contributed by atoms with Crippen LogP contribution >= 0.6 is 0 Å². The first-order chi connectivity index (χ1) is 15.0. The van der Waals surface area contributed by atoms with Crippen LogP contribution in [0.15, 0.2) is 82.0 Å². The monoisotopic (exact) mass is 414 g/mol. The fourth-order valence-corrected chi connectivity index (χ4v) is 3.27. The van der Waals surface area contributed by atoms with Crippen molar-refractivity contribution >= 4 is 22.8 Å². The van der Waals surface area contributed by atoms with E-state index in [1.165, 1.54) is 18.2 Å². The third-order valence-corrected chi connectivity index (χ3v) is 4.86. The van der Waals surface area contributed by atoms with Crippen molar-refractivity contribution < 1.29 is 19.1 Å². The number of nitrogens with one attached hydrogen (secondary N) is 2. The number of benzene rings is 3. The number of hydrogen-bond donors (Lipinski definition) is 3. The number of rotatable bonds is 3. The molecule has 0 saturated heterocycles. The van der Waals surface area contributed by atoms with Crippen LogP contribution in [0.5, 0.6) is 5.75 Å². The number of aromatic hydroxyl groups is 1. The molecular formula is C24H18N2O5. The predicted octanol–water partition coefficient (Wildman–Crippen LogP) is 3.55. The number of para-hydroxylation sites is 2. The highest BCUT2D eigenvalue weighted by atomic mass is 16.3. The number of carbonyl (C=O) groups is 2. The van der Waals surface area contributed by atoms with Crippen LogP contribution in [0.2, 0.25) is 0 Å². The summed E-state index contributed by atoms with van der Waals surface area (Å²) in [6.07, 6.45) is 0. The van der Waals surface area contributed by atoms with E-state index in [4.69, 9.17) is 4.42 Å². The largest absolute Gasteiger partial charge is 0.507 e. The number of phenols is 1. The Morgan fingerprint density at radius 2 is 1.42 bits per heavy atom. The van der Waals surface area contributed by atoms with Gasteiger partial charge in [0.25, 0.3) is 11.8 Å². The molecule has 3 N–H and O–H groups in total.